The van der Waals surface area contributed by atoms with E-state index < -0.39 is 0 Å². The van der Waals surface area contributed by atoms with Crippen LogP contribution in [0.5, 0.6) is 5.88 Å². The fraction of sp³-hybridized carbons (Fsp3) is 0.750. The molecule has 0 unspecified atom stereocenters. The van der Waals surface area contributed by atoms with E-state index in [4.69, 9.17) is 4.74 Å². The lowest BCUT2D eigenvalue weighted by molar-refractivity contribution is 0.391. The van der Waals surface area contributed by atoms with E-state index in [0.29, 0.717) is 6.04 Å². The Morgan fingerprint density at radius 1 is 1.35 bits per heavy atom. The molecule has 1 N–H and O–H groups in total. The second kappa shape index (κ2) is 6.81. The van der Waals surface area contributed by atoms with Crippen molar-refractivity contribution in [3.63, 3.8) is 0 Å². The van der Waals surface area contributed by atoms with Crippen molar-refractivity contribution < 1.29 is 4.74 Å². The number of hydrogen-bond donors (Lipinski definition) is 1. The molecule has 0 atom stereocenters. The molecule has 0 saturated carbocycles. The minimum absolute atomic E-state index is 0.574. The van der Waals surface area contributed by atoms with E-state index in [9.17, 15) is 0 Å². The minimum Gasteiger partial charge on any atom is -0.480 e. The monoisotopic (exact) mass is 257 g/mol. The Morgan fingerprint density at radius 3 is 2.47 bits per heavy atom. The largest absolute Gasteiger partial charge is 0.480 e. The van der Waals surface area contributed by atoms with Gasteiger partial charge in [-0.3, -0.25) is 0 Å². The summed E-state index contributed by atoms with van der Waals surface area (Å²) in [5, 5.41) is 4.52. The highest BCUT2D eigenvalue weighted by Crippen LogP contribution is 2.30. The number of hydrogen-bond acceptors (Lipinski definition) is 5. The van der Waals surface area contributed by atoms with Crippen LogP contribution in [0.1, 0.15) is 31.6 Å². The van der Waals surface area contributed by atoms with Crippen molar-refractivity contribution in [3.05, 3.63) is 4.88 Å². The average molecular weight is 257 g/mol. The first kappa shape index (κ1) is 14.3. The van der Waals surface area contributed by atoms with Gasteiger partial charge in [-0.2, -0.15) is 4.98 Å². The highest BCUT2D eigenvalue weighted by Gasteiger charge is 2.13. The van der Waals surface area contributed by atoms with Crippen molar-refractivity contribution in [1.82, 2.24) is 10.3 Å². The Morgan fingerprint density at radius 2 is 2.00 bits per heavy atom. The van der Waals surface area contributed by atoms with E-state index in [1.165, 1.54) is 4.88 Å². The van der Waals surface area contributed by atoms with E-state index >= 15 is 0 Å². The van der Waals surface area contributed by atoms with Gasteiger partial charge >= 0.3 is 0 Å². The van der Waals surface area contributed by atoms with Gasteiger partial charge in [-0.05, 0) is 12.8 Å². The highest BCUT2D eigenvalue weighted by molar-refractivity contribution is 7.15. The Bertz CT molecular complexity index is 334. The standard InChI is InChI=1S/C12H23N3OS/c1-6-9(7-2)13-8-10-11(16-5)14-12(17-10)15(3)4/h9,13H,6-8H2,1-5H3. The first-order valence-electron chi connectivity index (χ1n) is 6.06. The Labute approximate surface area is 108 Å². The molecule has 1 aromatic heterocycles. The van der Waals surface area contributed by atoms with Crippen LogP contribution >= 0.6 is 11.3 Å². The molecule has 5 heteroatoms. The summed E-state index contributed by atoms with van der Waals surface area (Å²) in [6.07, 6.45) is 2.30. The van der Waals surface area contributed by atoms with Crippen LogP contribution in [0, 0.1) is 0 Å². The molecule has 0 aliphatic carbocycles. The van der Waals surface area contributed by atoms with Gasteiger partial charge < -0.3 is 15.0 Å². The molecule has 17 heavy (non-hydrogen) atoms. The molecular weight excluding hydrogens is 234 g/mol. The quantitative estimate of drug-likeness (QED) is 0.814. The molecule has 0 amide bonds. The molecule has 1 heterocycles. The maximum absolute atomic E-state index is 5.31. The number of nitrogens with zero attached hydrogens (tertiary/aromatic N) is 2. The number of aromatic nitrogens is 1. The molecule has 0 fully saturated rings. The van der Waals surface area contributed by atoms with Crippen LogP contribution in [0.3, 0.4) is 0 Å². The van der Waals surface area contributed by atoms with Crippen molar-refractivity contribution in [3.8, 4) is 5.88 Å². The predicted octanol–water partition coefficient (Wildman–Crippen LogP) is 2.50. The third-order valence-electron chi connectivity index (χ3n) is 2.76. The molecular formula is C12H23N3OS. The third-order valence-corrected chi connectivity index (χ3v) is 3.97. The summed E-state index contributed by atoms with van der Waals surface area (Å²) >= 11 is 1.68. The lowest BCUT2D eigenvalue weighted by Gasteiger charge is -2.13. The van der Waals surface area contributed by atoms with Crippen molar-refractivity contribution in [2.75, 3.05) is 26.1 Å². The van der Waals surface area contributed by atoms with E-state index in [2.05, 4.69) is 24.1 Å². The number of anilines is 1. The van der Waals surface area contributed by atoms with Crippen LogP contribution < -0.4 is 15.0 Å². The first-order chi connectivity index (χ1) is 8.12. The topological polar surface area (TPSA) is 37.4 Å². The number of nitrogens with one attached hydrogen (secondary N) is 1. The Kier molecular flexibility index (Phi) is 5.71. The van der Waals surface area contributed by atoms with Crippen LogP contribution in [0.2, 0.25) is 0 Å². The molecule has 0 radical (unpaired) electrons. The fourth-order valence-corrected chi connectivity index (χ4v) is 2.51. The number of methoxy groups -OCH3 is 1. The van der Waals surface area contributed by atoms with Gasteiger partial charge in [0.2, 0.25) is 5.88 Å². The van der Waals surface area contributed by atoms with Gasteiger partial charge in [0.05, 0.1) is 12.0 Å². The molecule has 4 nitrogen and oxygen atoms in total. The fourth-order valence-electron chi connectivity index (χ4n) is 1.60. The van der Waals surface area contributed by atoms with Gasteiger partial charge in [-0.15, -0.1) is 0 Å². The molecule has 0 spiro atoms. The van der Waals surface area contributed by atoms with Crippen LogP contribution in [0.25, 0.3) is 0 Å². The number of ether oxygens (including phenoxy) is 1. The lowest BCUT2D eigenvalue weighted by atomic mass is 10.2. The molecule has 0 aliphatic heterocycles. The molecule has 1 rings (SSSR count). The molecule has 0 saturated heterocycles. The smallest absolute Gasteiger partial charge is 0.230 e. The minimum atomic E-state index is 0.574. The SMILES string of the molecule is CCC(CC)NCc1sc(N(C)C)nc1OC. The number of thiazole rings is 1. The van der Waals surface area contributed by atoms with Gasteiger partial charge in [0.25, 0.3) is 0 Å². The maximum Gasteiger partial charge on any atom is 0.230 e. The Balaban J connectivity index is 2.69. The molecule has 98 valence electrons. The van der Waals surface area contributed by atoms with Crippen LogP contribution in [0.4, 0.5) is 5.13 Å². The summed E-state index contributed by atoms with van der Waals surface area (Å²) in [6.45, 7) is 5.24. The van der Waals surface area contributed by atoms with E-state index in [1.54, 1.807) is 18.4 Å². The summed E-state index contributed by atoms with van der Waals surface area (Å²) in [4.78, 5) is 7.62. The van der Waals surface area contributed by atoms with Gasteiger partial charge in [0.1, 0.15) is 0 Å². The van der Waals surface area contributed by atoms with Crippen molar-refractivity contribution in [2.45, 2.75) is 39.3 Å². The number of rotatable bonds is 7. The van der Waals surface area contributed by atoms with Crippen LogP contribution in [-0.4, -0.2) is 32.2 Å². The first-order valence-corrected chi connectivity index (χ1v) is 6.88. The summed E-state index contributed by atoms with van der Waals surface area (Å²) in [7, 11) is 5.67. The van der Waals surface area contributed by atoms with E-state index in [0.717, 1.165) is 30.4 Å². The van der Waals surface area contributed by atoms with E-state index in [1.807, 2.05) is 19.0 Å². The zero-order chi connectivity index (χ0) is 12.8. The van der Waals surface area contributed by atoms with Gasteiger partial charge in [0, 0.05) is 26.7 Å². The zero-order valence-electron chi connectivity index (χ0n) is 11.4. The summed E-state index contributed by atoms with van der Waals surface area (Å²) in [5.74, 6) is 0.747. The molecule has 1 aromatic rings. The zero-order valence-corrected chi connectivity index (χ0v) is 12.2. The second-order valence-electron chi connectivity index (χ2n) is 4.22. The molecule has 0 aliphatic rings. The highest BCUT2D eigenvalue weighted by atomic mass is 32.1. The van der Waals surface area contributed by atoms with Gasteiger partial charge in [-0.25, -0.2) is 0 Å². The Hall–Kier alpha value is -0.810. The summed E-state index contributed by atoms with van der Waals surface area (Å²) in [5.41, 5.74) is 0. The second-order valence-corrected chi connectivity index (χ2v) is 5.28. The van der Waals surface area contributed by atoms with E-state index in [-0.39, 0.29) is 0 Å². The van der Waals surface area contributed by atoms with Crippen molar-refractivity contribution in [2.24, 2.45) is 0 Å². The van der Waals surface area contributed by atoms with Crippen molar-refractivity contribution in [1.29, 1.82) is 0 Å². The maximum atomic E-state index is 5.31. The van der Waals surface area contributed by atoms with Gasteiger partial charge in [0.15, 0.2) is 5.13 Å². The van der Waals surface area contributed by atoms with Crippen LogP contribution in [-0.2, 0) is 6.54 Å². The molecule has 0 aromatic carbocycles. The molecule has 0 bridgehead atoms. The average Bonchev–Trinajstić information content (AvgIpc) is 2.74. The summed E-state index contributed by atoms with van der Waals surface area (Å²) < 4.78 is 5.31. The lowest BCUT2D eigenvalue weighted by Crippen LogP contribution is -2.26. The van der Waals surface area contributed by atoms with Gasteiger partial charge in [-0.1, -0.05) is 25.2 Å². The van der Waals surface area contributed by atoms with Crippen LogP contribution in [0.15, 0.2) is 0 Å². The van der Waals surface area contributed by atoms with Crippen molar-refractivity contribution >= 4 is 16.5 Å². The predicted molar refractivity (Wildman–Crippen MR) is 74.2 cm³/mol. The summed E-state index contributed by atoms with van der Waals surface area (Å²) in [6, 6.07) is 0.574. The third kappa shape index (κ3) is 3.85. The normalized spacial score (nSPS) is 10.9.